The lowest BCUT2D eigenvalue weighted by atomic mass is 10.2. The predicted molar refractivity (Wildman–Crippen MR) is 107 cm³/mol. The minimum atomic E-state index is -0.336. The summed E-state index contributed by atoms with van der Waals surface area (Å²) in [5, 5.41) is 6.35. The topological polar surface area (TPSA) is 50.4 Å². The van der Waals surface area contributed by atoms with Crippen LogP contribution in [-0.2, 0) is 4.79 Å². The molecule has 6 heteroatoms. The van der Waals surface area contributed by atoms with E-state index in [1.54, 1.807) is 36.4 Å². The van der Waals surface area contributed by atoms with Crippen molar-refractivity contribution in [3.8, 4) is 5.75 Å². The summed E-state index contributed by atoms with van der Waals surface area (Å²) in [6.07, 6.45) is 4.73. The highest BCUT2D eigenvalue weighted by Gasteiger charge is 2.06. The number of halogens is 1. The first kappa shape index (κ1) is 18.7. The van der Waals surface area contributed by atoms with E-state index in [9.17, 15) is 4.79 Å². The second-order valence-corrected chi connectivity index (χ2v) is 5.77. The van der Waals surface area contributed by atoms with Gasteiger partial charge in [0.1, 0.15) is 12.4 Å². The van der Waals surface area contributed by atoms with Crippen molar-refractivity contribution >= 4 is 46.6 Å². The van der Waals surface area contributed by atoms with Crippen molar-refractivity contribution in [2.24, 2.45) is 0 Å². The Bertz CT molecular complexity index is 788. The molecule has 0 aliphatic rings. The Morgan fingerprint density at radius 2 is 1.92 bits per heavy atom. The monoisotopic (exact) mass is 372 g/mol. The minimum Gasteiger partial charge on any atom is -0.487 e. The second kappa shape index (κ2) is 9.61. The van der Waals surface area contributed by atoms with Crippen LogP contribution in [0, 0.1) is 0 Å². The number of carbonyl (C=O) groups is 1. The van der Waals surface area contributed by atoms with Crippen LogP contribution in [0.1, 0.15) is 5.56 Å². The fraction of sp³-hybridized carbons (Fsp3) is 0.0526. The molecule has 0 fully saturated rings. The first-order valence-electron chi connectivity index (χ1n) is 7.47. The molecule has 2 rings (SSSR count). The largest absolute Gasteiger partial charge is 0.487 e. The summed E-state index contributed by atoms with van der Waals surface area (Å²) in [5.74, 6) is 0.285. The predicted octanol–water partition coefficient (Wildman–Crippen LogP) is 4.43. The zero-order valence-corrected chi connectivity index (χ0v) is 14.9. The average molecular weight is 373 g/mol. The maximum absolute atomic E-state index is 11.9. The van der Waals surface area contributed by atoms with E-state index in [2.05, 4.69) is 17.2 Å². The molecule has 0 heterocycles. The SMILES string of the molecule is C=CCOc1ccccc1NC(=S)NC(=O)/C=C/c1ccc(Cl)cc1. The smallest absolute Gasteiger partial charge is 0.250 e. The summed E-state index contributed by atoms with van der Waals surface area (Å²) in [6.45, 7) is 3.99. The Morgan fingerprint density at radius 3 is 2.64 bits per heavy atom. The van der Waals surface area contributed by atoms with Gasteiger partial charge in [0.2, 0.25) is 5.91 Å². The Hall–Kier alpha value is -2.63. The molecular weight excluding hydrogens is 356 g/mol. The molecule has 0 saturated heterocycles. The van der Waals surface area contributed by atoms with Crippen LogP contribution in [0.3, 0.4) is 0 Å². The molecule has 0 saturated carbocycles. The first-order valence-corrected chi connectivity index (χ1v) is 8.25. The highest BCUT2D eigenvalue weighted by atomic mass is 35.5. The maximum Gasteiger partial charge on any atom is 0.250 e. The number of thiocarbonyl (C=S) groups is 1. The molecule has 2 N–H and O–H groups in total. The number of nitrogens with one attached hydrogen (secondary N) is 2. The maximum atomic E-state index is 11.9. The van der Waals surface area contributed by atoms with Crippen molar-refractivity contribution in [3.05, 3.63) is 77.8 Å². The number of para-hydroxylation sites is 2. The normalized spacial score (nSPS) is 10.3. The third-order valence-electron chi connectivity index (χ3n) is 3.03. The van der Waals surface area contributed by atoms with E-state index in [1.165, 1.54) is 6.08 Å². The molecule has 0 bridgehead atoms. The average Bonchev–Trinajstić information content (AvgIpc) is 2.60. The van der Waals surface area contributed by atoms with Gasteiger partial charge in [-0.3, -0.25) is 10.1 Å². The van der Waals surface area contributed by atoms with E-state index < -0.39 is 0 Å². The summed E-state index contributed by atoms with van der Waals surface area (Å²) < 4.78 is 5.53. The molecule has 1 amide bonds. The standard InChI is InChI=1S/C19H17ClN2O2S/c1-2-13-24-17-6-4-3-5-16(17)21-19(25)22-18(23)12-9-14-7-10-15(20)11-8-14/h2-12H,1,13H2,(H2,21,22,23,25)/b12-9+. The van der Waals surface area contributed by atoms with Crippen molar-refractivity contribution < 1.29 is 9.53 Å². The quantitative estimate of drug-likeness (QED) is 0.447. The van der Waals surface area contributed by atoms with Gasteiger partial charge in [-0.2, -0.15) is 0 Å². The highest BCUT2D eigenvalue weighted by Crippen LogP contribution is 2.23. The van der Waals surface area contributed by atoms with Crippen LogP contribution in [-0.4, -0.2) is 17.6 Å². The van der Waals surface area contributed by atoms with Gasteiger partial charge < -0.3 is 10.1 Å². The molecular formula is C19H17ClN2O2S. The van der Waals surface area contributed by atoms with Gasteiger partial charge in [0.25, 0.3) is 0 Å². The summed E-state index contributed by atoms with van der Waals surface area (Å²) >= 11 is 11.0. The van der Waals surface area contributed by atoms with Crippen molar-refractivity contribution in [1.82, 2.24) is 5.32 Å². The van der Waals surface area contributed by atoms with Crippen molar-refractivity contribution in [2.45, 2.75) is 0 Å². The molecule has 4 nitrogen and oxygen atoms in total. The number of hydrogen-bond donors (Lipinski definition) is 2. The molecule has 128 valence electrons. The molecule has 0 spiro atoms. The molecule has 0 aliphatic carbocycles. The third kappa shape index (κ3) is 6.41. The van der Waals surface area contributed by atoms with Crippen LogP contribution in [0.5, 0.6) is 5.75 Å². The third-order valence-corrected chi connectivity index (χ3v) is 3.48. The van der Waals surface area contributed by atoms with E-state index in [4.69, 9.17) is 28.6 Å². The van der Waals surface area contributed by atoms with Gasteiger partial charge in [0.05, 0.1) is 5.69 Å². The van der Waals surface area contributed by atoms with Gasteiger partial charge in [-0.15, -0.1) is 0 Å². The Labute approximate surface area is 157 Å². The van der Waals surface area contributed by atoms with Crippen LogP contribution in [0.25, 0.3) is 6.08 Å². The van der Waals surface area contributed by atoms with E-state index in [-0.39, 0.29) is 11.0 Å². The lowest BCUT2D eigenvalue weighted by Gasteiger charge is -2.12. The number of ether oxygens (including phenoxy) is 1. The molecule has 0 atom stereocenters. The van der Waals surface area contributed by atoms with E-state index in [0.717, 1.165) is 5.56 Å². The number of anilines is 1. The number of rotatable bonds is 6. The first-order chi connectivity index (χ1) is 12.1. The summed E-state index contributed by atoms with van der Waals surface area (Å²) in [6, 6.07) is 14.4. The zero-order chi connectivity index (χ0) is 18.1. The zero-order valence-electron chi connectivity index (χ0n) is 13.4. The van der Waals surface area contributed by atoms with E-state index >= 15 is 0 Å². The van der Waals surface area contributed by atoms with Crippen LogP contribution >= 0.6 is 23.8 Å². The van der Waals surface area contributed by atoms with Gasteiger partial charge in [-0.25, -0.2) is 0 Å². The van der Waals surface area contributed by atoms with Gasteiger partial charge in [-0.05, 0) is 48.1 Å². The van der Waals surface area contributed by atoms with Gasteiger partial charge in [-0.1, -0.05) is 48.5 Å². The van der Waals surface area contributed by atoms with Crippen molar-refractivity contribution in [3.63, 3.8) is 0 Å². The number of hydrogen-bond acceptors (Lipinski definition) is 3. The molecule has 0 radical (unpaired) electrons. The van der Waals surface area contributed by atoms with Crippen molar-refractivity contribution in [2.75, 3.05) is 11.9 Å². The van der Waals surface area contributed by atoms with E-state index in [1.807, 2.05) is 24.3 Å². The lowest BCUT2D eigenvalue weighted by molar-refractivity contribution is -0.115. The Kier molecular flexibility index (Phi) is 7.19. The minimum absolute atomic E-state index is 0.181. The van der Waals surface area contributed by atoms with Crippen LogP contribution in [0.4, 0.5) is 5.69 Å². The molecule has 25 heavy (non-hydrogen) atoms. The van der Waals surface area contributed by atoms with Gasteiger partial charge >= 0.3 is 0 Å². The van der Waals surface area contributed by atoms with Gasteiger partial charge in [0, 0.05) is 11.1 Å². The summed E-state index contributed by atoms with van der Waals surface area (Å²) in [7, 11) is 0. The van der Waals surface area contributed by atoms with Crippen molar-refractivity contribution in [1.29, 1.82) is 0 Å². The number of carbonyl (C=O) groups excluding carboxylic acids is 1. The summed E-state index contributed by atoms with van der Waals surface area (Å²) in [4.78, 5) is 11.9. The molecule has 2 aromatic carbocycles. The fourth-order valence-electron chi connectivity index (χ4n) is 1.90. The molecule has 0 aliphatic heterocycles. The number of benzene rings is 2. The van der Waals surface area contributed by atoms with Crippen LogP contribution in [0.2, 0.25) is 5.02 Å². The lowest BCUT2D eigenvalue weighted by Crippen LogP contribution is -2.32. The Balaban J connectivity index is 1.92. The van der Waals surface area contributed by atoms with E-state index in [0.29, 0.717) is 23.1 Å². The summed E-state index contributed by atoms with van der Waals surface area (Å²) in [5.41, 5.74) is 1.53. The second-order valence-electron chi connectivity index (χ2n) is 4.92. The molecule has 0 aromatic heterocycles. The van der Waals surface area contributed by atoms with Gasteiger partial charge in [0.15, 0.2) is 5.11 Å². The molecule has 2 aromatic rings. The number of amides is 1. The molecule has 0 unspecified atom stereocenters. The van der Waals surface area contributed by atoms with Crippen LogP contribution in [0.15, 0.2) is 67.3 Å². The fourth-order valence-corrected chi connectivity index (χ4v) is 2.23. The highest BCUT2D eigenvalue weighted by molar-refractivity contribution is 7.80. The van der Waals surface area contributed by atoms with Crippen LogP contribution < -0.4 is 15.4 Å². The Morgan fingerprint density at radius 1 is 1.20 bits per heavy atom.